The van der Waals surface area contributed by atoms with Crippen molar-refractivity contribution in [2.75, 3.05) is 0 Å². The van der Waals surface area contributed by atoms with Gasteiger partial charge >= 0.3 is 0 Å². The number of amides is 2. The van der Waals surface area contributed by atoms with Gasteiger partial charge < -0.3 is 10.6 Å². The van der Waals surface area contributed by atoms with Crippen LogP contribution in [0.25, 0.3) is 0 Å². The van der Waals surface area contributed by atoms with Gasteiger partial charge in [0.15, 0.2) is 0 Å². The lowest BCUT2D eigenvalue weighted by Crippen LogP contribution is -2.37. The number of carbonyl (C=O) groups excluding carboxylic acids is 2. The van der Waals surface area contributed by atoms with Gasteiger partial charge in [0.2, 0.25) is 11.8 Å². The Morgan fingerprint density at radius 3 is 2.62 bits per heavy atom. The van der Waals surface area contributed by atoms with Crippen molar-refractivity contribution in [3.05, 3.63) is 34.9 Å². The molecule has 1 atom stereocenters. The first-order valence-electron chi connectivity index (χ1n) is 7.26. The van der Waals surface area contributed by atoms with E-state index in [-0.39, 0.29) is 24.3 Å². The molecule has 0 aliphatic rings. The van der Waals surface area contributed by atoms with Crippen LogP contribution in [0.1, 0.15) is 45.1 Å². The Hall–Kier alpha value is -1.55. The number of nitrogens with two attached hydrogens (primary N) is 1. The molecule has 0 aromatic heterocycles. The number of carbonyl (C=O) groups is 2. The van der Waals surface area contributed by atoms with Crippen molar-refractivity contribution in [1.29, 1.82) is 0 Å². The van der Waals surface area contributed by atoms with Crippen molar-refractivity contribution >= 4 is 23.4 Å². The highest BCUT2D eigenvalue weighted by Gasteiger charge is 2.19. The molecule has 1 rings (SSSR count). The molecule has 0 saturated heterocycles. The zero-order chi connectivity index (χ0) is 15.8. The average molecular weight is 311 g/mol. The van der Waals surface area contributed by atoms with Gasteiger partial charge in [-0.15, -0.1) is 0 Å². The van der Waals surface area contributed by atoms with Gasteiger partial charge in [-0.2, -0.15) is 0 Å². The first-order valence-corrected chi connectivity index (χ1v) is 7.64. The molecule has 0 saturated carbocycles. The summed E-state index contributed by atoms with van der Waals surface area (Å²) in [5.74, 6) is -0.321. The second-order valence-corrected chi connectivity index (χ2v) is 5.67. The summed E-state index contributed by atoms with van der Waals surface area (Å²) in [4.78, 5) is 24.9. The highest BCUT2D eigenvalue weighted by atomic mass is 35.5. The van der Waals surface area contributed by atoms with E-state index in [4.69, 9.17) is 17.3 Å². The van der Waals surface area contributed by atoms with E-state index < -0.39 is 0 Å². The zero-order valence-electron chi connectivity index (χ0n) is 12.6. The minimum atomic E-state index is -0.368. The molecule has 4 nitrogen and oxygen atoms in total. The summed E-state index contributed by atoms with van der Waals surface area (Å²) >= 11 is 5.98. The summed E-state index contributed by atoms with van der Waals surface area (Å²) in [6.07, 6.45) is 1.96. The van der Waals surface area contributed by atoms with Crippen LogP contribution in [0.2, 0.25) is 5.02 Å². The quantitative estimate of drug-likeness (QED) is 0.801. The largest absolute Gasteiger partial charge is 0.370 e. The van der Waals surface area contributed by atoms with E-state index in [1.807, 2.05) is 43.0 Å². The van der Waals surface area contributed by atoms with Gasteiger partial charge in [-0.05, 0) is 37.5 Å². The second kappa shape index (κ2) is 8.67. The number of primary amides is 1. The predicted molar refractivity (Wildman–Crippen MR) is 84.8 cm³/mol. The van der Waals surface area contributed by atoms with E-state index in [9.17, 15) is 9.59 Å². The number of halogens is 1. The second-order valence-electron chi connectivity index (χ2n) is 5.23. The number of hydrogen-bond acceptors (Lipinski definition) is 2. The molecule has 1 aromatic rings. The van der Waals surface area contributed by atoms with E-state index in [0.29, 0.717) is 24.4 Å². The monoisotopic (exact) mass is 310 g/mol. The molecular weight excluding hydrogens is 288 g/mol. The van der Waals surface area contributed by atoms with Crippen molar-refractivity contribution in [2.24, 2.45) is 5.73 Å². The van der Waals surface area contributed by atoms with E-state index >= 15 is 0 Å². The third-order valence-corrected chi connectivity index (χ3v) is 3.73. The molecule has 5 heteroatoms. The van der Waals surface area contributed by atoms with Crippen LogP contribution in [0.3, 0.4) is 0 Å². The summed E-state index contributed by atoms with van der Waals surface area (Å²) in [6.45, 7) is 4.60. The molecule has 1 aromatic carbocycles. The number of hydrogen-bond donors (Lipinski definition) is 1. The molecule has 0 aliphatic carbocycles. The lowest BCUT2D eigenvalue weighted by molar-refractivity contribution is -0.134. The molecule has 0 spiro atoms. The highest BCUT2D eigenvalue weighted by molar-refractivity contribution is 6.30. The van der Waals surface area contributed by atoms with E-state index in [0.717, 1.165) is 12.0 Å². The topological polar surface area (TPSA) is 63.4 Å². The third-order valence-electron chi connectivity index (χ3n) is 3.50. The van der Waals surface area contributed by atoms with Gasteiger partial charge in [0.05, 0.1) is 0 Å². The molecule has 2 amide bonds. The van der Waals surface area contributed by atoms with E-state index in [1.165, 1.54) is 0 Å². The zero-order valence-corrected chi connectivity index (χ0v) is 13.4. The smallest absolute Gasteiger partial charge is 0.223 e. The normalized spacial score (nSPS) is 12.0. The van der Waals surface area contributed by atoms with Crippen LogP contribution in [0, 0.1) is 0 Å². The lowest BCUT2D eigenvalue weighted by atomic mass is 10.1. The number of benzene rings is 1. The Balaban J connectivity index is 2.71. The molecule has 0 aliphatic heterocycles. The predicted octanol–water partition coefficient (Wildman–Crippen LogP) is 3.12. The van der Waals surface area contributed by atoms with E-state index in [1.54, 1.807) is 0 Å². The van der Waals surface area contributed by atoms with Crippen LogP contribution in [-0.4, -0.2) is 22.8 Å². The molecule has 0 unspecified atom stereocenters. The van der Waals surface area contributed by atoms with Crippen LogP contribution in [0.5, 0.6) is 0 Å². The van der Waals surface area contributed by atoms with Crippen molar-refractivity contribution in [1.82, 2.24) is 4.90 Å². The minimum Gasteiger partial charge on any atom is -0.370 e. The maximum absolute atomic E-state index is 12.4. The summed E-state index contributed by atoms with van der Waals surface area (Å²) in [7, 11) is 0. The van der Waals surface area contributed by atoms with Crippen molar-refractivity contribution < 1.29 is 9.59 Å². The Kier molecular flexibility index (Phi) is 7.23. The lowest BCUT2D eigenvalue weighted by Gasteiger charge is -2.29. The van der Waals surface area contributed by atoms with Gasteiger partial charge in [-0.25, -0.2) is 0 Å². The fourth-order valence-corrected chi connectivity index (χ4v) is 2.31. The van der Waals surface area contributed by atoms with Crippen molar-refractivity contribution in [3.63, 3.8) is 0 Å². The standard InChI is InChI=1S/C16H23ClN2O2/c1-3-12(2)19(16(21)9-5-8-15(18)20)11-13-6-4-7-14(17)10-13/h4,6-7,10,12H,3,5,8-9,11H2,1-2H3,(H2,18,20)/t12-/m0/s1. The minimum absolute atomic E-state index is 0.0468. The van der Waals surface area contributed by atoms with Crippen LogP contribution in [-0.2, 0) is 16.1 Å². The molecule has 21 heavy (non-hydrogen) atoms. The van der Waals surface area contributed by atoms with E-state index in [2.05, 4.69) is 0 Å². The van der Waals surface area contributed by atoms with Gasteiger partial charge in [-0.1, -0.05) is 30.7 Å². The molecule has 0 bridgehead atoms. The number of nitrogens with zero attached hydrogens (tertiary/aromatic N) is 1. The molecular formula is C16H23ClN2O2. The van der Waals surface area contributed by atoms with Gasteiger partial charge in [0.1, 0.15) is 0 Å². The van der Waals surface area contributed by atoms with Crippen LogP contribution < -0.4 is 5.73 Å². The van der Waals surface area contributed by atoms with Crippen LogP contribution in [0.15, 0.2) is 24.3 Å². The fourth-order valence-electron chi connectivity index (χ4n) is 2.10. The SMILES string of the molecule is CC[C@H](C)N(Cc1cccc(Cl)c1)C(=O)CCCC(N)=O. The average Bonchev–Trinajstić information content (AvgIpc) is 2.43. The summed E-state index contributed by atoms with van der Waals surface area (Å²) in [6, 6.07) is 7.66. The Morgan fingerprint density at radius 1 is 1.33 bits per heavy atom. The van der Waals surface area contributed by atoms with Crippen molar-refractivity contribution in [3.8, 4) is 0 Å². The molecule has 116 valence electrons. The Labute approximate surface area is 131 Å². The van der Waals surface area contributed by atoms with Gasteiger partial charge in [0.25, 0.3) is 0 Å². The van der Waals surface area contributed by atoms with Crippen LogP contribution in [0.4, 0.5) is 0 Å². The summed E-state index contributed by atoms with van der Waals surface area (Å²) < 4.78 is 0. The molecule has 2 N–H and O–H groups in total. The van der Waals surface area contributed by atoms with Crippen molar-refractivity contribution in [2.45, 2.75) is 52.1 Å². The highest BCUT2D eigenvalue weighted by Crippen LogP contribution is 2.16. The summed E-state index contributed by atoms with van der Waals surface area (Å²) in [5.41, 5.74) is 6.11. The molecule has 0 heterocycles. The first-order chi connectivity index (χ1) is 9.93. The maximum Gasteiger partial charge on any atom is 0.223 e. The summed E-state index contributed by atoms with van der Waals surface area (Å²) in [5, 5.41) is 0.665. The third kappa shape index (κ3) is 6.17. The van der Waals surface area contributed by atoms with Gasteiger partial charge in [-0.3, -0.25) is 9.59 Å². The molecule has 0 fully saturated rings. The maximum atomic E-state index is 12.4. The Morgan fingerprint density at radius 2 is 2.05 bits per heavy atom. The fraction of sp³-hybridized carbons (Fsp3) is 0.500. The molecule has 0 radical (unpaired) electrons. The Bertz CT molecular complexity index is 491. The first kappa shape index (κ1) is 17.5. The van der Waals surface area contributed by atoms with Gasteiger partial charge in [0, 0.05) is 30.5 Å². The number of rotatable bonds is 8. The van der Waals surface area contributed by atoms with Crippen LogP contribution >= 0.6 is 11.6 Å².